The fraction of sp³-hybridized carbons (Fsp3) is 0.133. The molecule has 0 saturated heterocycles. The van der Waals surface area contributed by atoms with Crippen LogP contribution in [0.5, 0.6) is 0 Å². The van der Waals surface area contributed by atoms with E-state index in [-0.39, 0.29) is 22.1 Å². The van der Waals surface area contributed by atoms with Gasteiger partial charge in [0.2, 0.25) is 0 Å². The molecule has 0 spiro atoms. The van der Waals surface area contributed by atoms with E-state index in [0.717, 1.165) is 16.9 Å². The second-order valence-corrected chi connectivity index (χ2v) is 7.12. The van der Waals surface area contributed by atoms with E-state index in [1.807, 2.05) is 13.0 Å². The van der Waals surface area contributed by atoms with Crippen molar-refractivity contribution in [1.29, 1.82) is 0 Å². The third-order valence-electron chi connectivity index (χ3n) is 3.09. The molecule has 3 heterocycles. The first kappa shape index (κ1) is 16.0. The maximum absolute atomic E-state index is 12.1. The zero-order valence-corrected chi connectivity index (χ0v) is 14.2. The van der Waals surface area contributed by atoms with Gasteiger partial charge in [0.05, 0.1) is 15.6 Å². The van der Waals surface area contributed by atoms with Gasteiger partial charge in [-0.3, -0.25) is 9.20 Å². The highest BCUT2D eigenvalue weighted by Gasteiger charge is 2.16. The lowest BCUT2D eigenvalue weighted by atomic mass is 10.3. The Balaban J connectivity index is 1.82. The van der Waals surface area contributed by atoms with Crippen LogP contribution < -0.4 is 5.56 Å². The van der Waals surface area contributed by atoms with E-state index in [4.69, 9.17) is 27.9 Å². The smallest absolute Gasteiger partial charge is 0.340 e. The molecule has 0 unspecified atom stereocenters. The number of ether oxygens (including phenoxy) is 1. The molecule has 0 bridgehead atoms. The Morgan fingerprint density at radius 3 is 2.83 bits per heavy atom. The number of aromatic nitrogens is 2. The molecule has 0 aliphatic rings. The van der Waals surface area contributed by atoms with E-state index < -0.39 is 5.97 Å². The number of carbonyl (C=O) groups is 1. The number of hydrogen-bond acceptors (Lipinski definition) is 5. The summed E-state index contributed by atoms with van der Waals surface area (Å²) in [5, 5.41) is 0. The second-order valence-electron chi connectivity index (χ2n) is 4.83. The fourth-order valence-electron chi connectivity index (χ4n) is 2.03. The lowest BCUT2D eigenvalue weighted by Crippen LogP contribution is -2.16. The molecule has 3 rings (SSSR count). The number of rotatable bonds is 3. The van der Waals surface area contributed by atoms with E-state index in [1.165, 1.54) is 16.5 Å². The van der Waals surface area contributed by atoms with Gasteiger partial charge in [0, 0.05) is 12.3 Å². The summed E-state index contributed by atoms with van der Waals surface area (Å²) in [5.41, 5.74) is 1.77. The van der Waals surface area contributed by atoms with Crippen molar-refractivity contribution in [3.8, 4) is 0 Å². The minimum atomic E-state index is -0.607. The van der Waals surface area contributed by atoms with Crippen LogP contribution in [-0.4, -0.2) is 15.4 Å². The van der Waals surface area contributed by atoms with Gasteiger partial charge >= 0.3 is 5.97 Å². The van der Waals surface area contributed by atoms with Gasteiger partial charge in [0.15, 0.2) is 0 Å². The summed E-state index contributed by atoms with van der Waals surface area (Å²) < 4.78 is 7.26. The van der Waals surface area contributed by atoms with Crippen LogP contribution in [0.3, 0.4) is 0 Å². The largest absolute Gasteiger partial charge is 0.456 e. The molecule has 8 heteroatoms. The number of thiophene rings is 1. The number of carbonyl (C=O) groups excluding carboxylic acids is 1. The summed E-state index contributed by atoms with van der Waals surface area (Å²) in [6, 6.07) is 6.37. The molecule has 0 aromatic carbocycles. The monoisotopic (exact) mass is 368 g/mol. The van der Waals surface area contributed by atoms with Gasteiger partial charge in [-0.05, 0) is 24.6 Å². The van der Waals surface area contributed by atoms with Gasteiger partial charge in [-0.1, -0.05) is 29.3 Å². The quantitative estimate of drug-likeness (QED) is 0.660. The van der Waals surface area contributed by atoms with Crippen LogP contribution in [0.2, 0.25) is 8.67 Å². The highest BCUT2D eigenvalue weighted by molar-refractivity contribution is 7.20. The molecular formula is C15H10Cl2N2O3S. The van der Waals surface area contributed by atoms with Crippen LogP contribution >= 0.6 is 34.5 Å². The molecule has 0 saturated carbocycles. The first-order valence-corrected chi connectivity index (χ1v) is 8.12. The summed E-state index contributed by atoms with van der Waals surface area (Å²) in [7, 11) is 0. The van der Waals surface area contributed by atoms with Crippen molar-refractivity contribution in [2.24, 2.45) is 0 Å². The van der Waals surface area contributed by atoms with Crippen LogP contribution in [0.25, 0.3) is 5.65 Å². The average Bonchev–Trinajstić information content (AvgIpc) is 2.84. The number of pyridine rings is 1. The number of nitrogens with zero attached hydrogens (tertiary/aromatic N) is 2. The highest BCUT2D eigenvalue weighted by Crippen LogP contribution is 2.31. The van der Waals surface area contributed by atoms with Crippen molar-refractivity contribution < 1.29 is 9.53 Å². The summed E-state index contributed by atoms with van der Waals surface area (Å²) >= 11 is 12.8. The maximum atomic E-state index is 12.1. The number of aryl methyl sites for hydroxylation is 1. The predicted octanol–water partition coefficient (Wildman–Crippen LogP) is 3.73. The van der Waals surface area contributed by atoms with Crippen LogP contribution in [-0.2, 0) is 11.3 Å². The molecule has 118 valence electrons. The minimum absolute atomic E-state index is 0.123. The van der Waals surface area contributed by atoms with E-state index in [0.29, 0.717) is 15.7 Å². The summed E-state index contributed by atoms with van der Waals surface area (Å²) in [5.74, 6) is -0.607. The second kappa shape index (κ2) is 6.31. The molecule has 0 atom stereocenters. The normalized spacial score (nSPS) is 10.9. The lowest BCUT2D eigenvalue weighted by molar-refractivity contribution is 0.0468. The van der Waals surface area contributed by atoms with Crippen molar-refractivity contribution in [1.82, 2.24) is 9.38 Å². The van der Waals surface area contributed by atoms with E-state index >= 15 is 0 Å². The van der Waals surface area contributed by atoms with Gasteiger partial charge in [0.25, 0.3) is 5.56 Å². The summed E-state index contributed by atoms with van der Waals surface area (Å²) in [6.07, 6.45) is 1.70. The van der Waals surface area contributed by atoms with Gasteiger partial charge in [0.1, 0.15) is 16.6 Å². The van der Waals surface area contributed by atoms with Crippen molar-refractivity contribution in [3.05, 3.63) is 66.3 Å². The number of halogens is 2. The van der Waals surface area contributed by atoms with Crippen molar-refractivity contribution in [2.45, 2.75) is 13.5 Å². The fourth-order valence-corrected chi connectivity index (χ4v) is 3.47. The molecule has 0 radical (unpaired) electrons. The van der Waals surface area contributed by atoms with Crippen LogP contribution in [0, 0.1) is 6.92 Å². The Kier molecular flexibility index (Phi) is 4.39. The maximum Gasteiger partial charge on any atom is 0.340 e. The Morgan fingerprint density at radius 1 is 1.35 bits per heavy atom. The molecule has 3 aromatic rings. The zero-order chi connectivity index (χ0) is 16.6. The Labute approximate surface area is 145 Å². The van der Waals surface area contributed by atoms with Crippen LogP contribution in [0.4, 0.5) is 0 Å². The molecule has 0 aliphatic carbocycles. The van der Waals surface area contributed by atoms with E-state index in [2.05, 4.69) is 4.98 Å². The third-order valence-corrected chi connectivity index (χ3v) is 4.58. The molecule has 5 nitrogen and oxygen atoms in total. The standard InChI is InChI=1S/C15H10Cl2N2O3S/c1-8-2-3-12-18-9(4-13(20)19(12)6-8)7-22-15(21)10-5-11(16)23-14(10)17/h2-6H,7H2,1H3. The van der Waals surface area contributed by atoms with Crippen molar-refractivity contribution in [2.75, 3.05) is 0 Å². The summed E-state index contributed by atoms with van der Waals surface area (Å²) in [4.78, 5) is 28.3. The molecule has 0 fully saturated rings. The first-order chi connectivity index (χ1) is 10.9. The molecular weight excluding hydrogens is 359 g/mol. The minimum Gasteiger partial charge on any atom is -0.456 e. The molecule has 0 aliphatic heterocycles. The van der Waals surface area contributed by atoms with Gasteiger partial charge < -0.3 is 4.74 Å². The zero-order valence-electron chi connectivity index (χ0n) is 11.9. The van der Waals surface area contributed by atoms with E-state index in [9.17, 15) is 9.59 Å². The van der Waals surface area contributed by atoms with Crippen molar-refractivity contribution >= 4 is 46.2 Å². The van der Waals surface area contributed by atoms with Gasteiger partial charge in [-0.25, -0.2) is 9.78 Å². The van der Waals surface area contributed by atoms with Gasteiger partial charge in [-0.2, -0.15) is 0 Å². The Hall–Kier alpha value is -1.89. The third kappa shape index (κ3) is 3.39. The lowest BCUT2D eigenvalue weighted by Gasteiger charge is -2.06. The number of esters is 1. The first-order valence-electron chi connectivity index (χ1n) is 6.55. The van der Waals surface area contributed by atoms with E-state index in [1.54, 1.807) is 12.3 Å². The predicted molar refractivity (Wildman–Crippen MR) is 89.7 cm³/mol. The van der Waals surface area contributed by atoms with Gasteiger partial charge in [-0.15, -0.1) is 11.3 Å². The Bertz CT molecular complexity index is 965. The number of fused-ring (bicyclic) bond motifs is 1. The van der Waals surface area contributed by atoms with Crippen LogP contribution in [0.1, 0.15) is 21.6 Å². The Morgan fingerprint density at radius 2 is 2.13 bits per heavy atom. The average molecular weight is 369 g/mol. The van der Waals surface area contributed by atoms with Crippen molar-refractivity contribution in [3.63, 3.8) is 0 Å². The highest BCUT2D eigenvalue weighted by atomic mass is 35.5. The molecule has 0 amide bonds. The number of hydrogen-bond donors (Lipinski definition) is 0. The summed E-state index contributed by atoms with van der Waals surface area (Å²) in [6.45, 7) is 1.76. The molecule has 23 heavy (non-hydrogen) atoms. The topological polar surface area (TPSA) is 60.7 Å². The SMILES string of the molecule is Cc1ccc2nc(COC(=O)c3cc(Cl)sc3Cl)cc(=O)n2c1. The van der Waals surface area contributed by atoms with Crippen LogP contribution in [0.15, 0.2) is 35.3 Å². The molecule has 3 aromatic heterocycles. The molecule has 0 N–H and O–H groups in total.